The van der Waals surface area contributed by atoms with Crippen LogP contribution in [0.3, 0.4) is 0 Å². The van der Waals surface area contributed by atoms with Crippen LogP contribution >= 0.6 is 0 Å². The summed E-state index contributed by atoms with van der Waals surface area (Å²) in [6.45, 7) is 0.787. The van der Waals surface area contributed by atoms with E-state index < -0.39 is 128 Å². The lowest BCUT2D eigenvalue weighted by molar-refractivity contribution is -0.138. The van der Waals surface area contributed by atoms with E-state index in [0.29, 0.717) is 26.4 Å². The van der Waals surface area contributed by atoms with Crippen LogP contribution in [0.25, 0.3) is 0 Å². The van der Waals surface area contributed by atoms with Crippen LogP contribution in [0.1, 0.15) is 71.1 Å². The topological polar surface area (TPSA) is 623 Å². The first-order chi connectivity index (χ1) is 40.8. The molecule has 0 spiro atoms. The van der Waals surface area contributed by atoms with Gasteiger partial charge in [-0.1, -0.05) is 0 Å². The lowest BCUT2D eigenvalue weighted by atomic mass is 10.1. The van der Waals surface area contributed by atoms with Crippen molar-refractivity contribution in [2.75, 3.05) is 112 Å². The summed E-state index contributed by atoms with van der Waals surface area (Å²) in [6, 6.07) is -6.40. The Morgan fingerprint density at radius 2 is 0.698 bits per heavy atom. The molecule has 0 aliphatic heterocycles. The van der Waals surface area contributed by atoms with Crippen molar-refractivity contribution < 1.29 is 76.8 Å². The van der Waals surface area contributed by atoms with Crippen molar-refractivity contribution in [2.24, 2.45) is 65.8 Å². The molecular weight excluding hydrogens is 1140 g/mol. The molecule has 0 rings (SSSR count). The molecule has 0 aliphatic carbocycles. The Morgan fingerprint density at radius 1 is 0.384 bits per heavy atom. The zero-order chi connectivity index (χ0) is 64.7. The number of nitrogens with two attached hydrogens (primary N) is 8. The molecule has 38 nitrogen and oxygen atoms in total. The van der Waals surface area contributed by atoms with Crippen LogP contribution in [0.5, 0.6) is 0 Å². The number of aliphatic carboxylic acids is 1. The molecule has 488 valence electrons. The van der Waals surface area contributed by atoms with Gasteiger partial charge in [-0.05, 0) is 57.8 Å². The maximum absolute atomic E-state index is 13.8. The number of ether oxygens (including phenoxy) is 4. The summed E-state index contributed by atoms with van der Waals surface area (Å²) in [6.07, 6.45) is -0.175. The van der Waals surface area contributed by atoms with Gasteiger partial charge in [-0.25, -0.2) is 0 Å². The van der Waals surface area contributed by atoms with Crippen molar-refractivity contribution in [3.8, 4) is 0 Å². The second kappa shape index (κ2) is 47.4. The largest absolute Gasteiger partial charge is 0.481 e. The number of carboxylic acids is 1. The van der Waals surface area contributed by atoms with Crippen LogP contribution in [0.4, 0.5) is 0 Å². The monoisotopic (exact) mass is 1230 g/mol. The normalized spacial score (nSPS) is 12.3. The summed E-state index contributed by atoms with van der Waals surface area (Å²) < 4.78 is 21.0. The fourth-order valence-electron chi connectivity index (χ4n) is 7.02. The number of carboxylic acid groups (broad SMARTS) is 1. The van der Waals surface area contributed by atoms with Crippen LogP contribution < -0.4 is 99.0 Å². The number of methoxy groups -OCH3 is 1. The highest BCUT2D eigenvalue weighted by Crippen LogP contribution is 2.07. The van der Waals surface area contributed by atoms with Gasteiger partial charge in [0.2, 0.25) is 59.1 Å². The summed E-state index contributed by atoms with van der Waals surface area (Å²) in [5.41, 5.74) is 43.3. The molecule has 27 N–H and O–H groups in total. The Morgan fingerprint density at radius 3 is 1.08 bits per heavy atom. The summed E-state index contributed by atoms with van der Waals surface area (Å²) in [4.78, 5) is 157. The second-order valence-corrected chi connectivity index (χ2v) is 18.5. The van der Waals surface area contributed by atoms with E-state index in [1.165, 1.54) is 6.92 Å². The smallest absolute Gasteiger partial charge is 0.303 e. The minimum absolute atomic E-state index is 0.0122. The summed E-state index contributed by atoms with van der Waals surface area (Å²) in [5, 5.41) is 33.5. The van der Waals surface area contributed by atoms with E-state index in [2.05, 4.69) is 73.1 Å². The second-order valence-electron chi connectivity index (χ2n) is 18.5. The summed E-state index contributed by atoms with van der Waals surface area (Å²) in [7, 11) is 1.56. The number of carbonyl (C=O) groups excluding carboxylic acids is 10. The summed E-state index contributed by atoms with van der Waals surface area (Å²) in [5.74, 6) is -10.2. The van der Waals surface area contributed by atoms with Gasteiger partial charge in [0.05, 0.1) is 72.4 Å². The highest BCUT2D eigenvalue weighted by Gasteiger charge is 2.30. The molecule has 0 aromatic heterocycles. The molecule has 0 saturated carbocycles. The van der Waals surface area contributed by atoms with Gasteiger partial charge >= 0.3 is 5.97 Å². The molecule has 0 heterocycles. The number of rotatable bonds is 49. The molecule has 4 unspecified atom stereocenters. The van der Waals surface area contributed by atoms with Gasteiger partial charge < -0.3 is 123 Å². The fourth-order valence-corrected chi connectivity index (χ4v) is 7.02. The SMILES string of the molecule is COCCOCCOCCOCCNC(=O)C(CCC(=O)O)NC(=O)CNC(=O)C(CCCN=C(N)N)NC(=O)CNC(=O)CNC(=O)CNC(=O)C(CCCN=C(N)N)NC(=O)[C@@H](CCCN=C(N)N)NC(=O)C(CCCN=C(N)N)NC(C)=O. The Kier molecular flexibility index (Phi) is 42.5. The number of nitrogens with zero attached hydrogens (tertiary/aromatic N) is 4. The third-order valence-electron chi connectivity index (χ3n) is 11.2. The Bertz CT molecular complexity index is 2260. The van der Waals surface area contributed by atoms with Gasteiger partial charge in [-0.3, -0.25) is 72.7 Å². The van der Waals surface area contributed by atoms with Crippen LogP contribution in [0.15, 0.2) is 20.0 Å². The third kappa shape index (κ3) is 42.8. The molecule has 86 heavy (non-hydrogen) atoms. The molecule has 38 heteroatoms. The van der Waals surface area contributed by atoms with Crippen LogP contribution in [-0.2, 0) is 71.7 Å². The Balaban J connectivity index is 5.67. The number of hydrogen-bond donors (Lipinski definition) is 19. The minimum atomic E-state index is -1.35. The van der Waals surface area contributed by atoms with E-state index >= 15 is 0 Å². The van der Waals surface area contributed by atoms with Gasteiger partial charge in [0.15, 0.2) is 23.8 Å². The highest BCUT2D eigenvalue weighted by atomic mass is 16.6. The molecule has 0 saturated heterocycles. The van der Waals surface area contributed by atoms with Crippen molar-refractivity contribution in [1.29, 1.82) is 0 Å². The van der Waals surface area contributed by atoms with Crippen molar-refractivity contribution in [1.82, 2.24) is 53.2 Å². The van der Waals surface area contributed by atoms with Crippen LogP contribution in [0.2, 0.25) is 0 Å². The first kappa shape index (κ1) is 77.1. The molecule has 10 amide bonds. The number of nitrogens with one attached hydrogen (secondary N) is 10. The maximum Gasteiger partial charge on any atom is 0.303 e. The molecule has 0 fully saturated rings. The fraction of sp³-hybridized carbons (Fsp3) is 0.688. The van der Waals surface area contributed by atoms with E-state index in [1.807, 2.05) is 0 Å². The first-order valence-electron chi connectivity index (χ1n) is 27.3. The standard InChI is InChI=1S/C48H90N22O16/c1-29(71)66-32(9-5-15-60-47(53)54)43(81)70-33(10-6-16-61-48(55)56)44(82)69-31(8-4-14-59-46(51)52)42(80)64-26-36(73)62-25-35(72)63-27-37(74)67-30(7-3-13-58-45(49)50)41(79)65-28-38(75)68-34(11-12-39(76)77)40(78)57-17-18-84-21-22-86-24-23-85-20-19-83-2/h30-34H,3-28H2,1-2H3,(H,57,78)(H,62,73)(H,63,72)(H,64,80)(H,65,79)(H,66,71)(H,67,74)(H,68,75)(H,69,82)(H,70,81)(H,76,77)(H4,49,50,58)(H4,51,52,59)(H4,53,54,60)(H4,55,56,61)/t30?,31?,32?,33-,34?/m1/s1. The minimum Gasteiger partial charge on any atom is -0.481 e. The molecule has 0 aliphatic rings. The molecular formula is C48H90N22O16. The summed E-state index contributed by atoms with van der Waals surface area (Å²) >= 11 is 0. The third-order valence-corrected chi connectivity index (χ3v) is 11.2. The van der Waals surface area contributed by atoms with Gasteiger partial charge in [-0.2, -0.15) is 0 Å². The number of aliphatic imine (C=N–C) groups is 4. The predicted molar refractivity (Wildman–Crippen MR) is 311 cm³/mol. The highest BCUT2D eigenvalue weighted by molar-refractivity contribution is 5.96. The Labute approximate surface area is 497 Å². The lowest BCUT2D eigenvalue weighted by Crippen LogP contribution is -2.57. The van der Waals surface area contributed by atoms with E-state index in [-0.39, 0.29) is 134 Å². The van der Waals surface area contributed by atoms with Crippen molar-refractivity contribution >= 4 is 88.9 Å². The Hall–Kier alpha value is -8.91. The average Bonchev–Trinajstić information content (AvgIpc) is 3.66. The van der Waals surface area contributed by atoms with Crippen molar-refractivity contribution in [3.63, 3.8) is 0 Å². The van der Waals surface area contributed by atoms with E-state index in [1.54, 1.807) is 7.11 Å². The molecule has 5 atom stereocenters. The average molecular weight is 1230 g/mol. The van der Waals surface area contributed by atoms with Crippen LogP contribution in [-0.4, -0.2) is 236 Å². The van der Waals surface area contributed by atoms with Gasteiger partial charge in [0, 0.05) is 53.2 Å². The van der Waals surface area contributed by atoms with Crippen LogP contribution in [0, 0.1) is 0 Å². The van der Waals surface area contributed by atoms with Gasteiger partial charge in [-0.15, -0.1) is 0 Å². The van der Waals surface area contributed by atoms with E-state index in [4.69, 9.17) is 64.8 Å². The number of carbonyl (C=O) groups is 11. The number of hydrogen-bond acceptors (Lipinski definition) is 19. The van der Waals surface area contributed by atoms with Crippen molar-refractivity contribution in [2.45, 2.75) is 101 Å². The zero-order valence-electron chi connectivity index (χ0n) is 48.8. The molecule has 0 bridgehead atoms. The first-order valence-corrected chi connectivity index (χ1v) is 27.3. The van der Waals surface area contributed by atoms with Crippen molar-refractivity contribution in [3.05, 3.63) is 0 Å². The van der Waals surface area contributed by atoms with Gasteiger partial charge in [0.1, 0.15) is 30.2 Å². The lowest BCUT2D eigenvalue weighted by Gasteiger charge is -2.25. The van der Waals surface area contributed by atoms with E-state index in [0.717, 1.165) is 0 Å². The number of amides is 10. The molecule has 0 aromatic carbocycles. The predicted octanol–water partition coefficient (Wildman–Crippen LogP) is -10.2. The number of guanidine groups is 4. The quantitative estimate of drug-likeness (QED) is 0.0153. The van der Waals surface area contributed by atoms with E-state index in [9.17, 15) is 57.8 Å². The van der Waals surface area contributed by atoms with Gasteiger partial charge in [0.25, 0.3) is 0 Å². The molecule has 0 aromatic rings. The zero-order valence-corrected chi connectivity index (χ0v) is 48.8. The molecule has 0 radical (unpaired) electrons. The maximum atomic E-state index is 13.8.